The van der Waals surface area contributed by atoms with Gasteiger partial charge in [-0.1, -0.05) is 12.2 Å². The predicted molar refractivity (Wildman–Crippen MR) is 69.6 cm³/mol. The molecule has 6 heteroatoms. The van der Waals surface area contributed by atoms with Crippen LogP contribution in [0.4, 0.5) is 5.82 Å². The Bertz CT molecular complexity index is 548. The molecule has 2 heterocycles. The fourth-order valence-electron chi connectivity index (χ4n) is 1.55. The summed E-state index contributed by atoms with van der Waals surface area (Å²) < 4.78 is 7.29. The van der Waals surface area contributed by atoms with Gasteiger partial charge in [-0.05, 0) is 13.8 Å². The lowest BCUT2D eigenvalue weighted by Crippen LogP contribution is -2.12. The number of rotatable bonds is 6. The van der Waals surface area contributed by atoms with E-state index in [4.69, 9.17) is 4.74 Å². The zero-order chi connectivity index (χ0) is 13.0. The van der Waals surface area contributed by atoms with Crippen molar-refractivity contribution in [1.82, 2.24) is 19.6 Å². The van der Waals surface area contributed by atoms with Crippen LogP contribution < -0.4 is 5.32 Å². The average Bonchev–Trinajstić information content (AvgIpc) is 2.71. The molecule has 0 aliphatic heterocycles. The smallest absolute Gasteiger partial charge is 0.203 e. The highest BCUT2D eigenvalue weighted by Crippen LogP contribution is 2.11. The van der Waals surface area contributed by atoms with Gasteiger partial charge in [0.05, 0.1) is 13.2 Å². The molecule has 0 radical (unpaired) electrons. The first-order chi connectivity index (χ1) is 8.68. The van der Waals surface area contributed by atoms with Gasteiger partial charge in [0.15, 0.2) is 5.82 Å². The van der Waals surface area contributed by atoms with Crippen molar-refractivity contribution in [2.24, 2.45) is 0 Å². The third-order valence-electron chi connectivity index (χ3n) is 2.38. The number of hydrogen-bond acceptors (Lipinski definition) is 5. The lowest BCUT2D eigenvalue weighted by atomic mass is 10.4. The fraction of sp³-hybridized carbons (Fsp3) is 0.417. The maximum Gasteiger partial charge on any atom is 0.203 e. The first kappa shape index (κ1) is 12.5. The molecule has 2 aromatic heterocycles. The van der Waals surface area contributed by atoms with Gasteiger partial charge in [0.2, 0.25) is 5.65 Å². The molecule has 0 unspecified atom stereocenters. The third-order valence-corrected chi connectivity index (χ3v) is 2.38. The van der Waals surface area contributed by atoms with Crippen LogP contribution in [0, 0.1) is 6.92 Å². The molecule has 0 saturated heterocycles. The van der Waals surface area contributed by atoms with E-state index in [9.17, 15) is 0 Å². The maximum atomic E-state index is 5.40. The van der Waals surface area contributed by atoms with Crippen molar-refractivity contribution in [2.45, 2.75) is 13.8 Å². The van der Waals surface area contributed by atoms with Gasteiger partial charge in [0, 0.05) is 18.9 Å². The molecular weight excluding hydrogens is 230 g/mol. The number of fused-ring (bicyclic) bond motifs is 1. The molecule has 96 valence electrons. The molecule has 0 saturated carbocycles. The third kappa shape index (κ3) is 2.84. The topological polar surface area (TPSA) is 64.3 Å². The summed E-state index contributed by atoms with van der Waals surface area (Å²) in [6.07, 6.45) is 3.56. The highest BCUT2D eigenvalue weighted by atomic mass is 16.5. The number of ether oxygens (including phenoxy) is 1. The summed E-state index contributed by atoms with van der Waals surface area (Å²) >= 11 is 0. The first-order valence-electron chi connectivity index (χ1n) is 5.81. The lowest BCUT2D eigenvalue weighted by Gasteiger charge is -2.07. The molecular formula is C12H17N5O. The monoisotopic (exact) mass is 247 g/mol. The standard InChI is InChI=1S/C12H17N5O/c1-9(2)8-18-7-5-14-11-12-16-15-10(3)17(12)6-4-13-11/h4,6H,1,5,7-8H2,2-3H3,(H,13,14). The highest BCUT2D eigenvalue weighted by Gasteiger charge is 2.06. The second-order valence-corrected chi connectivity index (χ2v) is 4.15. The number of nitrogens with zero attached hydrogens (tertiary/aromatic N) is 4. The van der Waals surface area contributed by atoms with Gasteiger partial charge in [-0.2, -0.15) is 0 Å². The summed E-state index contributed by atoms with van der Waals surface area (Å²) in [6.45, 7) is 9.48. The molecule has 0 aliphatic rings. The van der Waals surface area contributed by atoms with Crippen LogP contribution in [-0.2, 0) is 4.74 Å². The minimum absolute atomic E-state index is 0.587. The predicted octanol–water partition coefficient (Wildman–Crippen LogP) is 1.44. The Morgan fingerprint density at radius 2 is 2.33 bits per heavy atom. The lowest BCUT2D eigenvalue weighted by molar-refractivity contribution is 0.167. The zero-order valence-electron chi connectivity index (χ0n) is 10.7. The van der Waals surface area contributed by atoms with Gasteiger partial charge in [0.25, 0.3) is 0 Å². The Morgan fingerprint density at radius 1 is 1.50 bits per heavy atom. The van der Waals surface area contributed by atoms with E-state index in [1.54, 1.807) is 6.20 Å². The molecule has 0 aromatic carbocycles. The highest BCUT2D eigenvalue weighted by molar-refractivity contribution is 5.61. The average molecular weight is 247 g/mol. The van der Waals surface area contributed by atoms with E-state index < -0.39 is 0 Å². The van der Waals surface area contributed by atoms with Crippen LogP contribution in [-0.4, -0.2) is 39.3 Å². The second-order valence-electron chi connectivity index (χ2n) is 4.15. The van der Waals surface area contributed by atoms with Gasteiger partial charge >= 0.3 is 0 Å². The summed E-state index contributed by atoms with van der Waals surface area (Å²) in [7, 11) is 0. The molecule has 0 bridgehead atoms. The van der Waals surface area contributed by atoms with Crippen molar-refractivity contribution in [3.63, 3.8) is 0 Å². The number of aromatic nitrogens is 4. The fourth-order valence-corrected chi connectivity index (χ4v) is 1.55. The largest absolute Gasteiger partial charge is 0.375 e. The molecule has 0 spiro atoms. The summed E-state index contributed by atoms with van der Waals surface area (Å²) in [5, 5.41) is 11.3. The van der Waals surface area contributed by atoms with Crippen LogP contribution in [0.15, 0.2) is 24.5 Å². The summed E-state index contributed by atoms with van der Waals surface area (Å²) in [4.78, 5) is 4.25. The Kier molecular flexibility index (Phi) is 3.88. The summed E-state index contributed by atoms with van der Waals surface area (Å²) in [6, 6.07) is 0. The van der Waals surface area contributed by atoms with E-state index in [-0.39, 0.29) is 0 Å². The summed E-state index contributed by atoms with van der Waals surface area (Å²) in [5.74, 6) is 1.56. The van der Waals surface area contributed by atoms with Gasteiger partial charge < -0.3 is 10.1 Å². The Hall–Kier alpha value is -1.95. The van der Waals surface area contributed by atoms with E-state index in [2.05, 4.69) is 27.1 Å². The minimum Gasteiger partial charge on any atom is -0.375 e. The van der Waals surface area contributed by atoms with Crippen LogP contribution in [0.2, 0.25) is 0 Å². The molecule has 0 fully saturated rings. The van der Waals surface area contributed by atoms with E-state index in [0.29, 0.717) is 19.8 Å². The molecule has 1 N–H and O–H groups in total. The molecule has 0 amide bonds. The first-order valence-corrected chi connectivity index (χ1v) is 5.81. The molecule has 18 heavy (non-hydrogen) atoms. The number of aryl methyl sites for hydroxylation is 1. The van der Waals surface area contributed by atoms with Gasteiger partial charge in [0.1, 0.15) is 5.82 Å². The number of anilines is 1. The molecule has 2 aromatic rings. The second kappa shape index (κ2) is 5.59. The number of nitrogens with one attached hydrogen (secondary N) is 1. The Balaban J connectivity index is 1.93. The Labute approximate surface area is 106 Å². The van der Waals surface area contributed by atoms with Crippen molar-refractivity contribution < 1.29 is 4.74 Å². The van der Waals surface area contributed by atoms with Crippen molar-refractivity contribution in [3.8, 4) is 0 Å². The van der Waals surface area contributed by atoms with Crippen LogP contribution in [0.1, 0.15) is 12.7 Å². The van der Waals surface area contributed by atoms with E-state index >= 15 is 0 Å². The van der Waals surface area contributed by atoms with Crippen LogP contribution in [0.5, 0.6) is 0 Å². The van der Waals surface area contributed by atoms with E-state index in [1.807, 2.05) is 24.4 Å². The minimum atomic E-state index is 0.587. The van der Waals surface area contributed by atoms with Crippen molar-refractivity contribution >= 4 is 11.5 Å². The summed E-state index contributed by atoms with van der Waals surface area (Å²) in [5.41, 5.74) is 1.75. The molecule has 2 rings (SSSR count). The van der Waals surface area contributed by atoms with Gasteiger partial charge in [-0.25, -0.2) is 4.98 Å². The number of hydrogen-bond donors (Lipinski definition) is 1. The van der Waals surface area contributed by atoms with Gasteiger partial charge in [-0.3, -0.25) is 4.40 Å². The molecule has 6 nitrogen and oxygen atoms in total. The van der Waals surface area contributed by atoms with Crippen LogP contribution >= 0.6 is 0 Å². The molecule has 0 atom stereocenters. The van der Waals surface area contributed by atoms with Crippen molar-refractivity contribution in [2.75, 3.05) is 25.1 Å². The molecule has 0 aliphatic carbocycles. The van der Waals surface area contributed by atoms with Gasteiger partial charge in [-0.15, -0.1) is 10.2 Å². The van der Waals surface area contributed by atoms with Crippen molar-refractivity contribution in [1.29, 1.82) is 0 Å². The van der Waals surface area contributed by atoms with Crippen molar-refractivity contribution in [3.05, 3.63) is 30.4 Å². The van der Waals surface area contributed by atoms with Crippen LogP contribution in [0.3, 0.4) is 0 Å². The maximum absolute atomic E-state index is 5.40. The zero-order valence-corrected chi connectivity index (χ0v) is 10.7. The normalized spacial score (nSPS) is 10.8. The Morgan fingerprint density at radius 3 is 3.11 bits per heavy atom. The quantitative estimate of drug-likeness (QED) is 0.618. The SMILES string of the molecule is C=C(C)COCCNc1nccn2c(C)nnc12. The van der Waals surface area contributed by atoms with E-state index in [0.717, 1.165) is 22.9 Å². The van der Waals surface area contributed by atoms with E-state index in [1.165, 1.54) is 0 Å². The van der Waals surface area contributed by atoms with Crippen LogP contribution in [0.25, 0.3) is 5.65 Å².